The van der Waals surface area contributed by atoms with Crippen LogP contribution in [0.3, 0.4) is 0 Å². The molecule has 0 radical (unpaired) electrons. The fourth-order valence-corrected chi connectivity index (χ4v) is 4.64. The number of carboxylic acids is 1. The highest BCUT2D eigenvalue weighted by atomic mass is 32.2. The molecule has 8 heteroatoms. The van der Waals surface area contributed by atoms with Gasteiger partial charge < -0.3 is 9.84 Å². The first-order chi connectivity index (χ1) is 17.7. The van der Waals surface area contributed by atoms with Crippen LogP contribution in [-0.2, 0) is 22.6 Å². The summed E-state index contributed by atoms with van der Waals surface area (Å²) in [5, 5.41) is 9.27. The number of hydrogen-bond donors (Lipinski definition) is 1. The number of thioether (sulfide) groups is 1. The van der Waals surface area contributed by atoms with Crippen molar-refractivity contribution in [3.05, 3.63) is 99.7 Å². The lowest BCUT2D eigenvalue weighted by Gasteiger charge is -2.09. The Morgan fingerprint density at radius 3 is 2.43 bits per heavy atom. The molecule has 0 saturated carbocycles. The molecule has 3 aromatic carbocycles. The molecule has 1 amide bonds. The van der Waals surface area contributed by atoms with Gasteiger partial charge in [0, 0.05) is 7.05 Å². The van der Waals surface area contributed by atoms with Crippen molar-refractivity contribution >= 4 is 40.6 Å². The Hall–Kier alpha value is -3.91. The number of nitrogens with zero attached hydrogens (tertiary/aromatic N) is 2. The maximum atomic E-state index is 14.2. The summed E-state index contributed by atoms with van der Waals surface area (Å²) in [7, 11) is 1.61. The van der Waals surface area contributed by atoms with Gasteiger partial charge in [0.1, 0.15) is 18.2 Å². The van der Waals surface area contributed by atoms with Crippen LogP contribution >= 0.6 is 11.8 Å². The Morgan fingerprint density at radius 1 is 1.11 bits per heavy atom. The van der Waals surface area contributed by atoms with E-state index in [1.165, 1.54) is 40.4 Å². The van der Waals surface area contributed by atoms with Crippen molar-refractivity contribution in [2.45, 2.75) is 32.8 Å². The molecule has 0 bridgehead atoms. The largest absolute Gasteiger partial charge is 0.489 e. The predicted molar refractivity (Wildman–Crippen MR) is 144 cm³/mol. The lowest BCUT2D eigenvalue weighted by atomic mass is 10.0. The van der Waals surface area contributed by atoms with Gasteiger partial charge in [-0.15, -0.1) is 0 Å². The molecule has 190 valence electrons. The molecule has 1 fully saturated rings. The molecule has 0 aliphatic carbocycles. The zero-order valence-corrected chi connectivity index (χ0v) is 21.6. The number of benzene rings is 3. The lowest BCUT2D eigenvalue weighted by molar-refractivity contribution is -0.136. The van der Waals surface area contributed by atoms with E-state index >= 15 is 0 Å². The first kappa shape index (κ1) is 26.2. The van der Waals surface area contributed by atoms with E-state index < -0.39 is 18.2 Å². The van der Waals surface area contributed by atoms with Crippen LogP contribution in [0, 0.1) is 5.82 Å². The molecule has 0 aromatic heterocycles. The normalized spacial score (nSPS) is 15.7. The summed E-state index contributed by atoms with van der Waals surface area (Å²) < 4.78 is 20.1. The van der Waals surface area contributed by atoms with Crippen molar-refractivity contribution < 1.29 is 23.8 Å². The number of amidine groups is 1. The molecule has 3 aromatic rings. The van der Waals surface area contributed by atoms with E-state index in [2.05, 4.69) is 43.1 Å². The summed E-state index contributed by atoms with van der Waals surface area (Å²) in [5.74, 6) is -0.749. The topological polar surface area (TPSA) is 79.2 Å². The van der Waals surface area contributed by atoms with Gasteiger partial charge in [0.2, 0.25) is 0 Å². The third-order valence-corrected chi connectivity index (χ3v) is 6.90. The van der Waals surface area contributed by atoms with Gasteiger partial charge in [0.15, 0.2) is 5.17 Å². The third kappa shape index (κ3) is 6.65. The maximum absolute atomic E-state index is 14.2. The second-order valence-electron chi connectivity index (χ2n) is 8.97. The summed E-state index contributed by atoms with van der Waals surface area (Å²) in [6.45, 7) is 4.79. The molecular weight excluding hydrogens is 491 g/mol. The summed E-state index contributed by atoms with van der Waals surface area (Å²) in [6, 6.07) is 20.0. The zero-order chi connectivity index (χ0) is 26.5. The van der Waals surface area contributed by atoms with Crippen LogP contribution < -0.4 is 4.74 Å². The molecule has 0 atom stereocenters. The summed E-state index contributed by atoms with van der Waals surface area (Å²) in [6.07, 6.45) is 1.37. The number of aliphatic carboxylic acids is 1. The Balaban J connectivity index is 1.41. The number of ether oxygens (including phenoxy) is 1. The highest BCUT2D eigenvalue weighted by molar-refractivity contribution is 8.18. The summed E-state index contributed by atoms with van der Waals surface area (Å²) in [4.78, 5) is 29.8. The minimum Gasteiger partial charge on any atom is -0.489 e. The fourth-order valence-electron chi connectivity index (χ4n) is 3.65. The third-order valence-electron chi connectivity index (χ3n) is 5.84. The first-order valence-electron chi connectivity index (χ1n) is 11.8. The van der Waals surface area contributed by atoms with Crippen LogP contribution in [0.4, 0.5) is 10.1 Å². The van der Waals surface area contributed by atoms with E-state index in [1.807, 2.05) is 24.3 Å². The quantitative estimate of drug-likeness (QED) is 0.350. The van der Waals surface area contributed by atoms with Crippen molar-refractivity contribution in [3.8, 4) is 5.75 Å². The molecule has 6 nitrogen and oxygen atoms in total. The van der Waals surface area contributed by atoms with Crippen LogP contribution in [0.2, 0.25) is 0 Å². The Kier molecular flexibility index (Phi) is 8.08. The van der Waals surface area contributed by atoms with Gasteiger partial charge in [-0.3, -0.25) is 14.5 Å². The first-order valence-corrected chi connectivity index (χ1v) is 12.6. The molecule has 1 N–H and O–H groups in total. The van der Waals surface area contributed by atoms with Crippen molar-refractivity contribution in [1.29, 1.82) is 0 Å². The van der Waals surface area contributed by atoms with Crippen LogP contribution in [-0.4, -0.2) is 34.1 Å². The number of carbonyl (C=O) groups excluding carboxylic acids is 1. The number of amides is 1. The standard InChI is InChI=1S/C29H27FN2O4S/c1-18(2)21-8-4-20(5-9-21)17-36-24-12-6-19(7-13-24)14-26-28(35)32(3)29(37-26)31-23-11-10-22(15-27(33)34)25(30)16-23/h4-14,16,18H,15,17H2,1-3H3,(H,33,34)/b26-14-,31-29?. The minimum atomic E-state index is -1.11. The van der Waals surface area contributed by atoms with Gasteiger partial charge in [-0.05, 0) is 70.3 Å². The van der Waals surface area contributed by atoms with E-state index in [9.17, 15) is 14.0 Å². The number of likely N-dealkylation sites (N-methyl/N-ethyl adjacent to an activating group) is 1. The number of aliphatic imine (C=N–C) groups is 1. The number of hydrogen-bond acceptors (Lipinski definition) is 5. The average Bonchev–Trinajstić information content (AvgIpc) is 3.13. The van der Waals surface area contributed by atoms with E-state index in [-0.39, 0.29) is 11.5 Å². The Bertz CT molecular complexity index is 1370. The smallest absolute Gasteiger partial charge is 0.307 e. The molecular formula is C29H27FN2O4S. The molecule has 1 heterocycles. The van der Waals surface area contributed by atoms with Gasteiger partial charge in [0.05, 0.1) is 17.0 Å². The van der Waals surface area contributed by atoms with Gasteiger partial charge >= 0.3 is 5.97 Å². The molecule has 0 spiro atoms. The number of rotatable bonds is 8. The SMILES string of the molecule is CC(C)c1ccc(COc2ccc(/C=C3\SC(=Nc4ccc(CC(=O)O)c(F)c4)N(C)C3=O)cc2)cc1. The summed E-state index contributed by atoms with van der Waals surface area (Å²) >= 11 is 1.19. The molecule has 1 aliphatic rings. The average molecular weight is 519 g/mol. The number of halogens is 1. The molecule has 4 rings (SSSR count). The lowest BCUT2D eigenvalue weighted by Crippen LogP contribution is -2.23. The van der Waals surface area contributed by atoms with Crippen molar-refractivity contribution in [2.75, 3.05) is 7.05 Å². The van der Waals surface area contributed by atoms with Gasteiger partial charge in [0.25, 0.3) is 5.91 Å². The van der Waals surface area contributed by atoms with Crippen molar-refractivity contribution in [2.24, 2.45) is 4.99 Å². The summed E-state index contributed by atoms with van der Waals surface area (Å²) in [5.41, 5.74) is 3.60. The van der Waals surface area contributed by atoms with Crippen LogP contribution in [0.1, 0.15) is 42.0 Å². The predicted octanol–water partition coefficient (Wildman–Crippen LogP) is 6.39. The van der Waals surface area contributed by atoms with Gasteiger partial charge in [-0.2, -0.15) is 0 Å². The molecule has 1 saturated heterocycles. The van der Waals surface area contributed by atoms with E-state index in [0.29, 0.717) is 28.3 Å². The van der Waals surface area contributed by atoms with Crippen molar-refractivity contribution in [3.63, 3.8) is 0 Å². The van der Waals surface area contributed by atoms with E-state index in [0.717, 1.165) is 16.9 Å². The second kappa shape index (κ2) is 11.4. The minimum absolute atomic E-state index is 0.0806. The Labute approximate surface area is 219 Å². The fraction of sp³-hybridized carbons (Fsp3) is 0.207. The molecule has 1 aliphatic heterocycles. The highest BCUT2D eigenvalue weighted by Gasteiger charge is 2.30. The Morgan fingerprint density at radius 2 is 1.81 bits per heavy atom. The van der Waals surface area contributed by atoms with Crippen LogP contribution in [0.5, 0.6) is 5.75 Å². The maximum Gasteiger partial charge on any atom is 0.307 e. The van der Waals surface area contributed by atoms with Crippen molar-refractivity contribution in [1.82, 2.24) is 4.90 Å². The van der Waals surface area contributed by atoms with E-state index in [4.69, 9.17) is 9.84 Å². The number of carboxylic acid groups (broad SMARTS) is 1. The van der Waals surface area contributed by atoms with E-state index in [1.54, 1.807) is 13.1 Å². The monoisotopic (exact) mass is 518 g/mol. The van der Waals surface area contributed by atoms with Crippen LogP contribution in [0.25, 0.3) is 6.08 Å². The molecule has 37 heavy (non-hydrogen) atoms. The highest BCUT2D eigenvalue weighted by Crippen LogP contribution is 2.33. The zero-order valence-electron chi connectivity index (χ0n) is 20.8. The molecule has 0 unspecified atom stereocenters. The number of carbonyl (C=O) groups is 2. The van der Waals surface area contributed by atoms with Crippen LogP contribution in [0.15, 0.2) is 76.6 Å². The van der Waals surface area contributed by atoms with Gasteiger partial charge in [-0.25, -0.2) is 9.38 Å². The van der Waals surface area contributed by atoms with Gasteiger partial charge in [-0.1, -0.05) is 56.3 Å². The second-order valence-corrected chi connectivity index (χ2v) is 9.98.